The Bertz CT molecular complexity index is 1010. The zero-order valence-corrected chi connectivity index (χ0v) is 15.9. The van der Waals surface area contributed by atoms with Crippen molar-refractivity contribution >= 4 is 39.1 Å². The molecule has 0 fully saturated rings. The maximum atomic E-state index is 12.9. The summed E-state index contributed by atoms with van der Waals surface area (Å²) in [4.78, 5) is 30.3. The van der Waals surface area contributed by atoms with Gasteiger partial charge in [0.2, 0.25) is 0 Å². The zero-order chi connectivity index (χ0) is 18.7. The lowest BCUT2D eigenvalue weighted by molar-refractivity contribution is 0.0393. The number of nitrogens with zero attached hydrogens (tertiary/aromatic N) is 2. The molecule has 0 radical (unpaired) electrons. The van der Waals surface area contributed by atoms with Crippen LogP contribution in [0.15, 0.2) is 35.4 Å². The van der Waals surface area contributed by atoms with Crippen LogP contribution in [0.25, 0.3) is 10.2 Å². The van der Waals surface area contributed by atoms with Crippen molar-refractivity contribution in [1.82, 2.24) is 9.55 Å². The Balaban J connectivity index is 1.95. The Labute approximate surface area is 159 Å². The van der Waals surface area contributed by atoms with Gasteiger partial charge in [-0.05, 0) is 30.2 Å². The molecule has 0 saturated heterocycles. The van der Waals surface area contributed by atoms with Crippen LogP contribution in [0.1, 0.15) is 20.8 Å². The predicted octanol–water partition coefficient (Wildman–Crippen LogP) is 3.27. The number of ether oxygens (including phenoxy) is 2. The third-order valence-corrected chi connectivity index (χ3v) is 5.28. The summed E-state index contributed by atoms with van der Waals surface area (Å²) < 4.78 is 11.5. The molecule has 0 aliphatic rings. The van der Waals surface area contributed by atoms with Crippen molar-refractivity contribution in [2.45, 2.75) is 13.5 Å². The fourth-order valence-corrected chi connectivity index (χ4v) is 3.83. The second kappa shape index (κ2) is 7.99. The van der Waals surface area contributed by atoms with Gasteiger partial charge in [0.15, 0.2) is 0 Å². The summed E-state index contributed by atoms with van der Waals surface area (Å²) in [5.41, 5.74) is 1.29. The lowest BCUT2D eigenvalue weighted by Crippen LogP contribution is -2.21. The van der Waals surface area contributed by atoms with E-state index in [1.807, 2.05) is 12.1 Å². The van der Waals surface area contributed by atoms with Crippen molar-refractivity contribution in [3.05, 3.63) is 62.0 Å². The monoisotopic (exact) mass is 392 g/mol. The molecule has 2 heterocycles. The summed E-state index contributed by atoms with van der Waals surface area (Å²) >= 11 is 7.16. The summed E-state index contributed by atoms with van der Waals surface area (Å²) in [6, 6.07) is 7.30. The minimum atomic E-state index is -0.469. The van der Waals surface area contributed by atoms with E-state index in [9.17, 15) is 9.59 Å². The Morgan fingerprint density at radius 2 is 2.15 bits per heavy atom. The summed E-state index contributed by atoms with van der Waals surface area (Å²) in [6.07, 6.45) is 1.49. The SMILES string of the molecule is COCCOC(=O)c1sc2ncn(Cc3cccc(Cl)c3)c(=O)c2c1C. The molecule has 0 atom stereocenters. The Kier molecular flexibility index (Phi) is 5.70. The Hall–Kier alpha value is -2.22. The van der Waals surface area contributed by atoms with Crippen LogP contribution in [0.4, 0.5) is 0 Å². The molecule has 26 heavy (non-hydrogen) atoms. The number of carbonyl (C=O) groups is 1. The normalized spacial score (nSPS) is 11.0. The van der Waals surface area contributed by atoms with Crippen LogP contribution in [0.5, 0.6) is 0 Å². The second-order valence-electron chi connectivity index (χ2n) is 5.67. The molecule has 0 spiro atoms. The van der Waals surface area contributed by atoms with Crippen molar-refractivity contribution in [3.63, 3.8) is 0 Å². The smallest absolute Gasteiger partial charge is 0.348 e. The fourth-order valence-electron chi connectivity index (χ4n) is 2.58. The van der Waals surface area contributed by atoms with Crippen LogP contribution in [-0.4, -0.2) is 35.8 Å². The molecule has 2 aromatic heterocycles. The zero-order valence-electron chi connectivity index (χ0n) is 14.3. The van der Waals surface area contributed by atoms with E-state index >= 15 is 0 Å². The van der Waals surface area contributed by atoms with Crippen LogP contribution in [0.2, 0.25) is 5.02 Å². The number of thiophene rings is 1. The maximum Gasteiger partial charge on any atom is 0.348 e. The molecular formula is C18H17ClN2O4S. The average molecular weight is 393 g/mol. The van der Waals surface area contributed by atoms with E-state index in [-0.39, 0.29) is 12.2 Å². The number of benzene rings is 1. The first-order chi connectivity index (χ1) is 12.5. The molecule has 0 unspecified atom stereocenters. The lowest BCUT2D eigenvalue weighted by Gasteiger charge is -2.06. The fraction of sp³-hybridized carbons (Fsp3) is 0.278. The van der Waals surface area contributed by atoms with E-state index < -0.39 is 5.97 Å². The average Bonchev–Trinajstić information content (AvgIpc) is 2.95. The third-order valence-electron chi connectivity index (χ3n) is 3.87. The van der Waals surface area contributed by atoms with Gasteiger partial charge in [0.1, 0.15) is 16.3 Å². The van der Waals surface area contributed by atoms with Gasteiger partial charge < -0.3 is 9.47 Å². The minimum Gasteiger partial charge on any atom is -0.459 e. The van der Waals surface area contributed by atoms with Gasteiger partial charge in [-0.15, -0.1) is 11.3 Å². The highest BCUT2D eigenvalue weighted by Gasteiger charge is 2.20. The first kappa shape index (κ1) is 18.6. The summed E-state index contributed by atoms with van der Waals surface area (Å²) in [5, 5.41) is 1.05. The van der Waals surface area contributed by atoms with Gasteiger partial charge in [-0.1, -0.05) is 23.7 Å². The number of halogens is 1. The van der Waals surface area contributed by atoms with Crippen LogP contribution >= 0.6 is 22.9 Å². The van der Waals surface area contributed by atoms with Crippen molar-refractivity contribution < 1.29 is 14.3 Å². The first-order valence-electron chi connectivity index (χ1n) is 7.90. The minimum absolute atomic E-state index is 0.162. The van der Waals surface area contributed by atoms with Crippen molar-refractivity contribution in [2.24, 2.45) is 0 Å². The molecule has 136 valence electrons. The number of aromatic nitrogens is 2. The van der Waals surface area contributed by atoms with Crippen LogP contribution in [0.3, 0.4) is 0 Å². The molecule has 0 aliphatic heterocycles. The number of aryl methyl sites for hydroxylation is 1. The molecule has 8 heteroatoms. The van der Waals surface area contributed by atoms with Gasteiger partial charge in [0.25, 0.3) is 5.56 Å². The maximum absolute atomic E-state index is 12.9. The molecule has 0 amide bonds. The van der Waals surface area contributed by atoms with Gasteiger partial charge in [-0.25, -0.2) is 9.78 Å². The lowest BCUT2D eigenvalue weighted by atomic mass is 10.2. The number of methoxy groups -OCH3 is 1. The highest BCUT2D eigenvalue weighted by molar-refractivity contribution is 7.20. The Morgan fingerprint density at radius 3 is 2.88 bits per heavy atom. The van der Waals surface area contributed by atoms with Gasteiger partial charge in [0.05, 0.1) is 24.9 Å². The van der Waals surface area contributed by atoms with Crippen LogP contribution in [0, 0.1) is 6.92 Å². The van der Waals surface area contributed by atoms with Crippen molar-refractivity contribution in [1.29, 1.82) is 0 Å². The molecule has 0 aliphatic carbocycles. The van der Waals surface area contributed by atoms with Gasteiger partial charge in [0, 0.05) is 12.1 Å². The van der Waals surface area contributed by atoms with Gasteiger partial charge in [-0.2, -0.15) is 0 Å². The number of rotatable bonds is 6. The van der Waals surface area contributed by atoms with E-state index in [1.54, 1.807) is 19.1 Å². The number of hydrogen-bond acceptors (Lipinski definition) is 6. The molecule has 6 nitrogen and oxygen atoms in total. The molecule has 3 aromatic rings. The van der Waals surface area contributed by atoms with Gasteiger partial charge >= 0.3 is 5.97 Å². The number of carbonyl (C=O) groups excluding carboxylic acids is 1. The Morgan fingerprint density at radius 1 is 1.35 bits per heavy atom. The summed E-state index contributed by atoms with van der Waals surface area (Å²) in [7, 11) is 1.53. The number of esters is 1. The van der Waals surface area contributed by atoms with E-state index in [0.29, 0.717) is 38.8 Å². The van der Waals surface area contributed by atoms with Crippen LogP contribution < -0.4 is 5.56 Å². The summed E-state index contributed by atoms with van der Waals surface area (Å²) in [5.74, 6) is -0.469. The molecule has 3 rings (SSSR count). The van der Waals surface area contributed by atoms with E-state index in [2.05, 4.69) is 4.98 Å². The highest BCUT2D eigenvalue weighted by atomic mass is 35.5. The molecule has 0 saturated carbocycles. The molecule has 1 aromatic carbocycles. The van der Waals surface area contributed by atoms with Gasteiger partial charge in [-0.3, -0.25) is 9.36 Å². The van der Waals surface area contributed by atoms with E-state index in [1.165, 1.54) is 18.0 Å². The van der Waals surface area contributed by atoms with Crippen LogP contribution in [-0.2, 0) is 16.0 Å². The van der Waals surface area contributed by atoms with E-state index in [4.69, 9.17) is 21.1 Å². The summed E-state index contributed by atoms with van der Waals surface area (Å²) in [6.45, 7) is 2.57. The number of hydrogen-bond donors (Lipinski definition) is 0. The second-order valence-corrected chi connectivity index (χ2v) is 7.11. The molecule has 0 N–H and O–H groups in total. The quantitative estimate of drug-likeness (QED) is 0.475. The number of fused-ring (bicyclic) bond motifs is 1. The predicted molar refractivity (Wildman–Crippen MR) is 101 cm³/mol. The van der Waals surface area contributed by atoms with Crippen molar-refractivity contribution in [3.8, 4) is 0 Å². The molecular weight excluding hydrogens is 376 g/mol. The largest absolute Gasteiger partial charge is 0.459 e. The van der Waals surface area contributed by atoms with Crippen molar-refractivity contribution in [2.75, 3.05) is 20.3 Å². The topological polar surface area (TPSA) is 70.4 Å². The first-order valence-corrected chi connectivity index (χ1v) is 9.09. The van der Waals surface area contributed by atoms with E-state index in [0.717, 1.165) is 16.9 Å². The standard InChI is InChI=1S/C18H17ClN2O4S/c1-11-14-16(26-15(11)18(23)25-7-6-24-2)20-10-21(17(14)22)9-12-4-3-5-13(19)8-12/h3-5,8,10H,6-7,9H2,1-2H3. The third kappa shape index (κ3) is 3.80. The molecule has 0 bridgehead atoms. The highest BCUT2D eigenvalue weighted by Crippen LogP contribution is 2.27.